The lowest BCUT2D eigenvalue weighted by atomic mass is 9.89. The van der Waals surface area contributed by atoms with Crippen LogP contribution >= 0.6 is 0 Å². The summed E-state index contributed by atoms with van der Waals surface area (Å²) in [5, 5.41) is 16.6. The molecule has 0 spiro atoms. The van der Waals surface area contributed by atoms with E-state index in [2.05, 4.69) is 38.7 Å². The van der Waals surface area contributed by atoms with Gasteiger partial charge in [0.25, 0.3) is 0 Å². The Morgan fingerprint density at radius 2 is 1.91 bits per heavy atom. The lowest BCUT2D eigenvalue weighted by Crippen LogP contribution is -2.55. The predicted octanol–water partition coefficient (Wildman–Crippen LogP) is 3.43. The molecule has 1 aliphatic carbocycles. The molecule has 1 aromatic carbocycles. The second-order valence-corrected chi connectivity index (χ2v) is 8.96. The highest BCUT2D eigenvalue weighted by Gasteiger charge is 2.29. The molecule has 0 unspecified atom stereocenters. The van der Waals surface area contributed by atoms with Gasteiger partial charge in [-0.3, -0.25) is 4.79 Å². The van der Waals surface area contributed by atoms with Crippen LogP contribution in [0.25, 0.3) is 6.08 Å². The number of anilines is 2. The second-order valence-electron chi connectivity index (χ2n) is 8.96. The minimum Gasteiger partial charge on any atom is -0.370 e. The third-order valence-corrected chi connectivity index (χ3v) is 6.56. The molecule has 4 rings (SSSR count). The number of pyridine rings is 1. The minimum atomic E-state index is -0.458. The maximum atomic E-state index is 11.0. The fourth-order valence-electron chi connectivity index (χ4n) is 4.90. The molecule has 33 heavy (non-hydrogen) atoms. The number of carbonyl (C=O) groups is 1. The first kappa shape index (κ1) is 22.8. The molecular formula is C26H32N6O. The van der Waals surface area contributed by atoms with E-state index in [1.54, 1.807) is 12.3 Å². The van der Waals surface area contributed by atoms with Gasteiger partial charge >= 0.3 is 0 Å². The highest BCUT2D eigenvalue weighted by atomic mass is 16.1. The third-order valence-electron chi connectivity index (χ3n) is 6.56. The van der Waals surface area contributed by atoms with E-state index in [0.29, 0.717) is 23.7 Å². The van der Waals surface area contributed by atoms with E-state index < -0.39 is 5.91 Å². The van der Waals surface area contributed by atoms with Gasteiger partial charge in [-0.2, -0.15) is 5.26 Å². The minimum absolute atomic E-state index is 0.312. The van der Waals surface area contributed by atoms with Crippen molar-refractivity contribution in [1.82, 2.24) is 10.3 Å². The van der Waals surface area contributed by atoms with Gasteiger partial charge < -0.3 is 21.3 Å². The summed E-state index contributed by atoms with van der Waals surface area (Å²) in [5.74, 6) is 0.364. The molecule has 2 heterocycles. The van der Waals surface area contributed by atoms with Crippen LogP contribution in [0.1, 0.15) is 49.7 Å². The van der Waals surface area contributed by atoms with E-state index in [1.165, 1.54) is 31.0 Å². The molecule has 1 aliphatic heterocycles. The van der Waals surface area contributed by atoms with Crippen LogP contribution in [-0.2, 0) is 4.79 Å². The van der Waals surface area contributed by atoms with Gasteiger partial charge in [0, 0.05) is 49.2 Å². The Morgan fingerprint density at radius 1 is 1.12 bits per heavy atom. The molecule has 2 fully saturated rings. The molecular weight excluding hydrogens is 412 g/mol. The molecule has 4 N–H and O–H groups in total. The van der Waals surface area contributed by atoms with E-state index in [9.17, 15) is 4.79 Å². The lowest BCUT2D eigenvalue weighted by molar-refractivity contribution is -0.113. The van der Waals surface area contributed by atoms with Crippen LogP contribution < -0.4 is 21.3 Å². The molecule has 1 amide bonds. The maximum absolute atomic E-state index is 11.0. The van der Waals surface area contributed by atoms with E-state index in [4.69, 9.17) is 11.0 Å². The Labute approximate surface area is 195 Å². The molecule has 2 aliphatic rings. The van der Waals surface area contributed by atoms with Gasteiger partial charge in [0.05, 0.1) is 11.6 Å². The number of hydrogen-bond acceptors (Lipinski definition) is 6. The van der Waals surface area contributed by atoms with Crippen LogP contribution in [0.15, 0.2) is 48.7 Å². The summed E-state index contributed by atoms with van der Waals surface area (Å²) in [7, 11) is 0. The monoisotopic (exact) mass is 444 g/mol. The number of benzene rings is 1. The molecule has 7 nitrogen and oxygen atoms in total. The van der Waals surface area contributed by atoms with Gasteiger partial charge in [-0.05, 0) is 73.7 Å². The van der Waals surface area contributed by atoms with Gasteiger partial charge in [0.2, 0.25) is 5.91 Å². The average Bonchev–Trinajstić information content (AvgIpc) is 2.84. The van der Waals surface area contributed by atoms with E-state index >= 15 is 0 Å². The van der Waals surface area contributed by atoms with Crippen LogP contribution in [-0.4, -0.2) is 42.1 Å². The Balaban J connectivity index is 1.38. The molecule has 0 radical (unpaired) electrons. The topological polar surface area (TPSA) is 107 Å². The van der Waals surface area contributed by atoms with Gasteiger partial charge in [-0.25, -0.2) is 4.98 Å². The van der Waals surface area contributed by atoms with Crippen molar-refractivity contribution < 1.29 is 4.79 Å². The first-order valence-electron chi connectivity index (χ1n) is 11.8. The summed E-state index contributed by atoms with van der Waals surface area (Å²) >= 11 is 0. The lowest BCUT2D eigenvalue weighted by Gasteiger charge is -2.40. The fraction of sp³-hybridized carbons (Fsp3) is 0.423. The number of nitrogens with one attached hydrogen (secondary N) is 2. The van der Waals surface area contributed by atoms with Gasteiger partial charge in [-0.15, -0.1) is 0 Å². The van der Waals surface area contributed by atoms with Gasteiger partial charge in [0.15, 0.2) is 0 Å². The fourth-order valence-corrected chi connectivity index (χ4v) is 4.90. The van der Waals surface area contributed by atoms with Crippen molar-refractivity contribution in [3.05, 3.63) is 59.8 Å². The number of nitriles is 1. The van der Waals surface area contributed by atoms with Crippen LogP contribution in [0.3, 0.4) is 0 Å². The van der Waals surface area contributed by atoms with E-state index in [1.807, 2.05) is 24.3 Å². The van der Waals surface area contributed by atoms with Crippen LogP contribution in [0.4, 0.5) is 11.5 Å². The third kappa shape index (κ3) is 6.33. The Morgan fingerprint density at radius 3 is 2.67 bits per heavy atom. The van der Waals surface area contributed by atoms with Crippen molar-refractivity contribution in [2.24, 2.45) is 5.73 Å². The summed E-state index contributed by atoms with van der Waals surface area (Å²) in [5.41, 5.74) is 8.00. The zero-order chi connectivity index (χ0) is 23.0. The highest BCUT2D eigenvalue weighted by molar-refractivity contribution is 5.90. The van der Waals surface area contributed by atoms with Crippen molar-refractivity contribution in [3.63, 3.8) is 0 Å². The molecule has 3 atom stereocenters. The van der Waals surface area contributed by atoms with E-state index in [-0.39, 0.29) is 0 Å². The number of hydrogen-bond donors (Lipinski definition) is 3. The molecule has 1 saturated carbocycles. The van der Waals surface area contributed by atoms with Gasteiger partial charge in [-0.1, -0.05) is 12.8 Å². The number of carbonyl (C=O) groups excluding carboxylic acids is 1. The first-order valence-corrected chi connectivity index (χ1v) is 11.8. The number of amides is 1. The van der Waals surface area contributed by atoms with Crippen LogP contribution in [0.2, 0.25) is 0 Å². The van der Waals surface area contributed by atoms with E-state index in [0.717, 1.165) is 43.7 Å². The van der Waals surface area contributed by atoms with Crippen LogP contribution in [0, 0.1) is 11.3 Å². The summed E-state index contributed by atoms with van der Waals surface area (Å²) < 4.78 is 0. The standard InChI is InChI=1S/C26H32N6O/c27-17-20-7-10-22(11-8-20)32-15-3-4-21(18-32)30-23-5-1-2-6-24(23)31-26-16-19(13-14-29-26)9-12-25(28)33/h7-14,16,21,23-24,30H,1-6,15,18H2,(H2,28,33)(H,29,31)/b12-9-/t21-,23+,24+/m0/s1. The van der Waals surface area contributed by atoms with Crippen LogP contribution in [0.5, 0.6) is 0 Å². The van der Waals surface area contributed by atoms with Crippen molar-refractivity contribution in [3.8, 4) is 6.07 Å². The quantitative estimate of drug-likeness (QED) is 0.565. The largest absolute Gasteiger partial charge is 0.370 e. The predicted molar refractivity (Wildman–Crippen MR) is 132 cm³/mol. The van der Waals surface area contributed by atoms with Crippen molar-refractivity contribution in [1.29, 1.82) is 5.26 Å². The number of rotatable bonds is 7. The summed E-state index contributed by atoms with van der Waals surface area (Å²) in [6, 6.07) is 15.0. The number of primary amides is 1. The molecule has 2 aromatic rings. The molecule has 1 aromatic heterocycles. The van der Waals surface area contributed by atoms with Crippen molar-refractivity contribution in [2.75, 3.05) is 23.3 Å². The summed E-state index contributed by atoms with van der Waals surface area (Å²) in [6.07, 6.45) is 11.8. The van der Waals surface area contributed by atoms with Crippen molar-refractivity contribution in [2.45, 2.75) is 56.7 Å². The van der Waals surface area contributed by atoms with Crippen molar-refractivity contribution >= 4 is 23.5 Å². The molecule has 7 heteroatoms. The summed E-state index contributed by atoms with van der Waals surface area (Å²) in [6.45, 7) is 2.02. The average molecular weight is 445 g/mol. The van der Waals surface area contributed by atoms with Gasteiger partial charge in [0.1, 0.15) is 5.82 Å². The molecule has 172 valence electrons. The zero-order valence-electron chi connectivity index (χ0n) is 18.9. The SMILES string of the molecule is N#Cc1ccc(N2CCC[C@H](N[C@@H]3CCCC[C@H]3Nc3cc(/C=C\C(N)=O)ccn3)C2)cc1. The second kappa shape index (κ2) is 11.0. The Kier molecular flexibility index (Phi) is 7.59. The number of nitrogens with two attached hydrogens (primary N) is 1. The Bertz CT molecular complexity index is 1010. The Hall–Kier alpha value is -3.37. The molecule has 0 bridgehead atoms. The number of aromatic nitrogens is 1. The number of nitrogens with zero attached hydrogens (tertiary/aromatic N) is 3. The zero-order valence-corrected chi connectivity index (χ0v) is 18.9. The number of piperidine rings is 1. The normalized spacial score (nSPS) is 23.2. The smallest absolute Gasteiger partial charge is 0.241 e. The first-order chi connectivity index (χ1) is 16.1. The maximum Gasteiger partial charge on any atom is 0.241 e. The molecule has 1 saturated heterocycles. The summed E-state index contributed by atoms with van der Waals surface area (Å²) in [4.78, 5) is 17.9. The highest BCUT2D eigenvalue weighted by Crippen LogP contribution is 2.25.